The number of thiol groups is 1. The molecule has 0 aliphatic heterocycles. The highest BCUT2D eigenvalue weighted by Crippen LogP contribution is 2.39. The van der Waals surface area contributed by atoms with Crippen LogP contribution in [0.4, 0.5) is 0 Å². The number of ether oxygens (including phenoxy) is 2. The molecule has 0 saturated heterocycles. The molecule has 1 aromatic carbocycles. The minimum absolute atomic E-state index is 0.00464. The maximum absolute atomic E-state index is 14.1. The second-order valence-corrected chi connectivity index (χ2v) is 20.2. The zero-order chi connectivity index (χ0) is 51.4. The summed E-state index contributed by atoms with van der Waals surface area (Å²) in [5, 5.41) is 15.5. The van der Waals surface area contributed by atoms with Gasteiger partial charge in [0, 0.05) is 62.4 Å². The molecule has 0 aliphatic carbocycles. The number of hydrogen-bond acceptors (Lipinski definition) is 14. The molecule has 388 valence electrons. The van der Waals surface area contributed by atoms with Crippen molar-refractivity contribution in [2.45, 2.75) is 123 Å². The Kier molecular flexibility index (Phi) is 29.6. The molecule has 6 atom stereocenters. The second-order valence-electron chi connectivity index (χ2n) is 18.2. The number of aromatic amines is 1. The molecule has 1 heterocycles. The van der Waals surface area contributed by atoms with Crippen molar-refractivity contribution < 1.29 is 62.5 Å². The number of amides is 3. The zero-order valence-electron chi connectivity index (χ0n) is 40.7. The number of aliphatic hydroxyl groups is 1. The molecule has 0 radical (unpaired) electrons. The van der Waals surface area contributed by atoms with E-state index < -0.39 is 91.8 Å². The van der Waals surface area contributed by atoms with Crippen LogP contribution < -0.4 is 16.4 Å². The van der Waals surface area contributed by atoms with E-state index in [4.69, 9.17) is 15.2 Å². The van der Waals surface area contributed by atoms with Gasteiger partial charge in [-0.15, -0.1) is 0 Å². The topological polar surface area (TPSA) is 298 Å². The summed E-state index contributed by atoms with van der Waals surface area (Å²) in [7, 11) is -4.52. The van der Waals surface area contributed by atoms with Gasteiger partial charge in [-0.3, -0.25) is 38.1 Å². The zero-order valence-corrected chi connectivity index (χ0v) is 42.5. The Morgan fingerprint density at radius 2 is 1.52 bits per heavy atom. The Hall–Kier alpha value is -4.14. The van der Waals surface area contributed by atoms with Gasteiger partial charge in [-0.05, 0) is 56.4 Å². The predicted octanol–water partition coefficient (Wildman–Crippen LogP) is 3.18. The van der Waals surface area contributed by atoms with Crippen LogP contribution in [0.3, 0.4) is 0 Å². The van der Waals surface area contributed by atoms with Crippen molar-refractivity contribution in [3.05, 3.63) is 54.1 Å². The molecule has 2 aromatic rings. The maximum atomic E-state index is 14.1. The number of rotatable bonds is 39. The first-order chi connectivity index (χ1) is 32.7. The highest BCUT2D eigenvalue weighted by molar-refractivity contribution is 7.80. The second kappa shape index (κ2) is 33.4. The van der Waals surface area contributed by atoms with Crippen LogP contribution in [0, 0.1) is 23.7 Å². The van der Waals surface area contributed by atoms with Crippen LogP contribution in [0.15, 0.2) is 42.9 Å². The average Bonchev–Trinajstić information content (AvgIpc) is 3.81. The van der Waals surface area contributed by atoms with E-state index in [0.717, 1.165) is 25.7 Å². The van der Waals surface area contributed by atoms with Gasteiger partial charge in [0.15, 0.2) is 11.6 Å². The van der Waals surface area contributed by atoms with E-state index in [2.05, 4.69) is 45.4 Å². The van der Waals surface area contributed by atoms with Gasteiger partial charge in [0.25, 0.3) is 0 Å². The van der Waals surface area contributed by atoms with Gasteiger partial charge in [0.1, 0.15) is 17.6 Å². The fourth-order valence-corrected chi connectivity index (χ4v) is 8.99. The molecule has 2 rings (SSSR count). The third kappa shape index (κ3) is 26.0. The fourth-order valence-electron chi connectivity index (χ4n) is 7.78. The molecule has 8 N–H and O–H groups in total. The normalized spacial score (nSPS) is 14.3. The molecule has 3 amide bonds. The van der Waals surface area contributed by atoms with Crippen molar-refractivity contribution in [1.29, 1.82) is 0 Å². The van der Waals surface area contributed by atoms with Crippen molar-refractivity contribution in [3.8, 4) is 0 Å². The standard InChI is InChI=1S/C48H77N6O13PS/c1-33(2)23-41(44(58)25-37(24-38-27-50-32-51-38)48(62)53-42(29-55)45(59)26-39(35(4)56)34(3)30-68(63,64)65)52-46(60)28-54(18-11-6-5-8-13-36-14-9-7-10-15-36)47(61)17-20-67-22-21-66-19-12-16-43(57)40(49)31-69/h7,9-10,14-15,27,32-34,37,39-42,55,69H,5-6,8,11-13,16-26,28-31,49H2,1-4H3,(H,50,51)(H,52,60)(H,53,62)(H2,63,64,65)/t34-,37+,39-,40-,41-,42-/m0/s1. The van der Waals surface area contributed by atoms with Crippen LogP contribution in [0.1, 0.15) is 103 Å². The molecule has 1 aromatic heterocycles. The molecule has 0 bridgehead atoms. The number of benzene rings is 1. The molecule has 69 heavy (non-hydrogen) atoms. The maximum Gasteiger partial charge on any atom is 0.325 e. The number of Topliss-reactive ketones (excluding diaryl/α,β-unsaturated/α-hetero) is 4. The van der Waals surface area contributed by atoms with Crippen LogP contribution in [0.5, 0.6) is 0 Å². The summed E-state index contributed by atoms with van der Waals surface area (Å²) in [5.41, 5.74) is 7.43. The molecule has 21 heteroatoms. The number of carbonyl (C=O) groups is 7. The average molecular weight is 1010 g/mol. The molecular formula is C48H77N6O13PS. The number of aliphatic hydroxyl groups excluding tert-OH is 1. The highest BCUT2D eigenvalue weighted by atomic mass is 32.1. The molecule has 0 fully saturated rings. The van der Waals surface area contributed by atoms with Crippen molar-refractivity contribution in [2.24, 2.45) is 29.4 Å². The summed E-state index contributed by atoms with van der Waals surface area (Å²) in [6.07, 6.45) is 6.59. The van der Waals surface area contributed by atoms with Crippen molar-refractivity contribution >= 4 is 61.1 Å². The van der Waals surface area contributed by atoms with Crippen molar-refractivity contribution in [1.82, 2.24) is 25.5 Å². The first-order valence-electron chi connectivity index (χ1n) is 23.9. The molecule has 0 unspecified atom stereocenters. The number of imidazole rings is 1. The smallest absolute Gasteiger partial charge is 0.325 e. The monoisotopic (exact) mass is 1010 g/mol. The molecular weight excluding hydrogens is 932 g/mol. The molecule has 0 aliphatic rings. The van der Waals surface area contributed by atoms with Gasteiger partial charge in [0.05, 0.1) is 69.9 Å². The van der Waals surface area contributed by atoms with Crippen molar-refractivity contribution in [2.75, 3.05) is 58.0 Å². The van der Waals surface area contributed by atoms with Gasteiger partial charge in [-0.25, -0.2) is 4.98 Å². The Labute approximate surface area is 412 Å². The lowest BCUT2D eigenvalue weighted by molar-refractivity contribution is -0.138. The third-order valence-electron chi connectivity index (χ3n) is 11.6. The third-order valence-corrected chi connectivity index (χ3v) is 13.1. The number of unbranched alkanes of at least 4 members (excludes halogenated alkanes) is 3. The Morgan fingerprint density at radius 1 is 0.855 bits per heavy atom. The van der Waals surface area contributed by atoms with E-state index in [1.54, 1.807) is 0 Å². The number of nitrogens with two attached hydrogens (primary N) is 1. The first-order valence-corrected chi connectivity index (χ1v) is 26.3. The Morgan fingerprint density at radius 3 is 2.13 bits per heavy atom. The summed E-state index contributed by atoms with van der Waals surface area (Å²) >= 11 is 4.04. The Balaban J connectivity index is 2.14. The number of nitrogens with zero attached hydrogens (tertiary/aromatic N) is 2. The number of hydrogen-bond donors (Lipinski definition) is 8. The molecule has 0 saturated carbocycles. The highest BCUT2D eigenvalue weighted by Gasteiger charge is 2.35. The van der Waals surface area contributed by atoms with E-state index in [1.165, 1.54) is 36.8 Å². The summed E-state index contributed by atoms with van der Waals surface area (Å²) < 4.78 is 22.8. The predicted molar refractivity (Wildman–Crippen MR) is 263 cm³/mol. The van der Waals surface area contributed by atoms with E-state index in [-0.39, 0.29) is 75.4 Å². The van der Waals surface area contributed by atoms with Crippen LogP contribution in [0.2, 0.25) is 0 Å². The number of carbonyl (C=O) groups excluding carboxylic acids is 7. The number of nitrogens with one attached hydrogen (secondary N) is 3. The Bertz CT molecular complexity index is 1920. The lowest BCUT2D eigenvalue weighted by Crippen LogP contribution is -2.50. The quantitative estimate of drug-likeness (QED) is 0.0271. The van der Waals surface area contributed by atoms with Crippen LogP contribution in [-0.4, -0.2) is 147 Å². The summed E-state index contributed by atoms with van der Waals surface area (Å²) in [6.45, 7) is 6.40. The van der Waals surface area contributed by atoms with Gasteiger partial charge >= 0.3 is 7.60 Å². The van der Waals surface area contributed by atoms with Crippen LogP contribution in [0.25, 0.3) is 0 Å². The van der Waals surface area contributed by atoms with Gasteiger partial charge < -0.3 is 50.6 Å². The summed E-state index contributed by atoms with van der Waals surface area (Å²) in [4.78, 5) is 120. The fraction of sp³-hybridized carbons (Fsp3) is 0.667. The minimum atomic E-state index is -4.52. The number of aryl methyl sites for hydroxylation is 1. The van der Waals surface area contributed by atoms with Gasteiger partial charge in [-0.1, -0.05) is 63.9 Å². The lowest BCUT2D eigenvalue weighted by Gasteiger charge is -2.27. The van der Waals surface area contributed by atoms with E-state index in [0.29, 0.717) is 38.1 Å². The van der Waals surface area contributed by atoms with Crippen LogP contribution in [-0.2, 0) is 60.4 Å². The summed E-state index contributed by atoms with van der Waals surface area (Å²) in [5.74, 6) is -6.30. The van der Waals surface area contributed by atoms with Gasteiger partial charge in [-0.2, -0.15) is 12.6 Å². The first kappa shape index (κ1) is 61.0. The largest absolute Gasteiger partial charge is 0.394 e. The van der Waals surface area contributed by atoms with Gasteiger partial charge in [0.2, 0.25) is 17.7 Å². The number of aromatic nitrogens is 2. The molecule has 0 spiro atoms. The summed E-state index contributed by atoms with van der Waals surface area (Å²) in [6, 6.07) is 7.00. The van der Waals surface area contributed by atoms with E-state index >= 15 is 0 Å². The minimum Gasteiger partial charge on any atom is -0.394 e. The lowest BCUT2D eigenvalue weighted by atomic mass is 9.85. The van der Waals surface area contributed by atoms with E-state index in [9.17, 15) is 53.0 Å². The van der Waals surface area contributed by atoms with Crippen LogP contribution >= 0.6 is 20.2 Å². The SMILES string of the molecule is CC(=O)[C@@H](CC(=O)[C@H](CO)NC(=O)[C@@H](CC(=O)[C@H](CC(C)C)NC(=O)CN(CCCCCCc1ccccc1)C(=O)CCOCCOCCCC(=O)[C@@H](N)CS)Cc1cnc[nH]1)[C@@H](C)CP(=O)(O)O. The van der Waals surface area contributed by atoms with E-state index in [1.807, 2.05) is 32.0 Å². The number of H-pyrrole nitrogens is 1. The van der Waals surface area contributed by atoms with Crippen molar-refractivity contribution in [3.63, 3.8) is 0 Å². The number of ketones is 4. The molecule has 19 nitrogen and oxygen atoms in total.